The number of phosphoric ester groups is 2. The Balaban J connectivity index is 2.39. The number of aliphatic hydroxyl groups is 1. The minimum atomic E-state index is -4.87. The zero-order chi connectivity index (χ0) is 44.2. The number of esters is 2. The first-order valence-electron chi connectivity index (χ1n) is 22.1. The van der Waals surface area contributed by atoms with Crippen LogP contribution >= 0.6 is 15.6 Å². The Kier molecular flexibility index (Phi) is 33.7. The van der Waals surface area contributed by atoms with E-state index >= 15 is 0 Å². The van der Waals surface area contributed by atoms with Crippen LogP contribution in [0.3, 0.4) is 0 Å². The van der Waals surface area contributed by atoms with Crippen molar-refractivity contribution in [2.24, 2.45) is 0 Å². The van der Waals surface area contributed by atoms with E-state index in [4.69, 9.17) is 28.5 Å². The number of allylic oxidation sites excluding steroid dienone is 8. The summed E-state index contributed by atoms with van der Waals surface area (Å²) in [6.45, 7) is 1.55. The maximum atomic E-state index is 12.6. The highest BCUT2D eigenvalue weighted by atomic mass is 31.2. The van der Waals surface area contributed by atoms with Crippen molar-refractivity contribution in [3.8, 4) is 0 Å². The molecular weight excluding hydrogens is 814 g/mol. The van der Waals surface area contributed by atoms with Crippen molar-refractivity contribution in [2.75, 3.05) is 26.4 Å². The molecule has 0 saturated carbocycles. The quantitative estimate of drug-likeness (QED) is 0.0148. The molecular formula is C44H76O14P2. The zero-order valence-electron chi connectivity index (χ0n) is 36.2. The van der Waals surface area contributed by atoms with Gasteiger partial charge in [-0.25, -0.2) is 9.13 Å². The Morgan fingerprint density at radius 3 is 1.62 bits per heavy atom. The molecule has 0 aromatic carbocycles. The molecule has 60 heavy (non-hydrogen) atoms. The van der Waals surface area contributed by atoms with E-state index in [9.17, 15) is 28.7 Å². The smallest absolute Gasteiger partial charge is 0.462 e. The van der Waals surface area contributed by atoms with E-state index < -0.39 is 66.2 Å². The summed E-state index contributed by atoms with van der Waals surface area (Å²) in [4.78, 5) is 52.6. The second-order valence-corrected chi connectivity index (χ2v) is 17.7. The van der Waals surface area contributed by atoms with Gasteiger partial charge < -0.3 is 34.0 Å². The van der Waals surface area contributed by atoms with Crippen molar-refractivity contribution in [1.29, 1.82) is 0 Å². The summed E-state index contributed by atoms with van der Waals surface area (Å²) in [5.41, 5.74) is 0. The van der Waals surface area contributed by atoms with Gasteiger partial charge in [0.05, 0.1) is 32.0 Å². The van der Waals surface area contributed by atoms with Gasteiger partial charge in [0.2, 0.25) is 0 Å². The molecule has 5 atom stereocenters. The number of ether oxygens (including phenoxy) is 3. The number of phosphoric acid groups is 2. The third-order valence-corrected chi connectivity index (χ3v) is 10.8. The first-order chi connectivity index (χ1) is 28.8. The van der Waals surface area contributed by atoms with E-state index in [0.29, 0.717) is 31.5 Å². The fourth-order valence-electron chi connectivity index (χ4n) is 5.89. The Morgan fingerprint density at radius 2 is 1.07 bits per heavy atom. The van der Waals surface area contributed by atoms with Crippen LogP contribution in [0.2, 0.25) is 0 Å². The highest BCUT2D eigenvalue weighted by molar-refractivity contribution is 7.47. The van der Waals surface area contributed by atoms with Gasteiger partial charge in [-0.1, -0.05) is 152 Å². The molecule has 14 nitrogen and oxygen atoms in total. The molecule has 4 N–H and O–H groups in total. The zero-order valence-corrected chi connectivity index (χ0v) is 38.0. The fraction of sp³-hybridized carbons (Fsp3) is 0.727. The Morgan fingerprint density at radius 1 is 0.583 bits per heavy atom. The Labute approximate surface area is 359 Å². The standard InChI is InChI=1S/C44H76O14P2/c1-3-5-7-8-9-10-11-12-17-20-23-26-30-34-44(47)57-40(38-56-60(51,52)55-36-39(45)35-54-59(48,49)50)37-53-43(46)33-29-25-22-19-16-14-13-15-18-21-24-28-32-42-41(58-42)31-27-6-4-2/h6,14-16,18,22,24-25,27-28,39-42,45H,3-5,7-13,17,19-21,23,26,29-38H2,1-2H3,(H,51,52)(H2,48,49,50)/b16-14-,18-15-,25-22-,27-6-,28-24-/t39-,40+,41?,42?/m0/s1. The van der Waals surface area contributed by atoms with E-state index in [1.165, 1.54) is 57.8 Å². The third-order valence-electron chi connectivity index (χ3n) is 9.33. The summed E-state index contributed by atoms with van der Waals surface area (Å²) in [6, 6.07) is 0. The minimum Gasteiger partial charge on any atom is -0.462 e. The summed E-state index contributed by atoms with van der Waals surface area (Å²) in [7, 11) is -9.70. The first kappa shape index (κ1) is 55.8. The minimum absolute atomic E-state index is 0.0660. The molecule has 1 saturated heterocycles. The van der Waals surface area contributed by atoms with Crippen molar-refractivity contribution < 1.29 is 66.3 Å². The number of hydrogen-bond donors (Lipinski definition) is 4. The van der Waals surface area contributed by atoms with Crippen molar-refractivity contribution in [2.45, 2.75) is 180 Å². The second-order valence-electron chi connectivity index (χ2n) is 15.0. The molecule has 1 heterocycles. The van der Waals surface area contributed by atoms with Gasteiger partial charge >= 0.3 is 27.6 Å². The topological polar surface area (TPSA) is 208 Å². The van der Waals surface area contributed by atoms with Gasteiger partial charge in [0.25, 0.3) is 0 Å². The highest BCUT2D eigenvalue weighted by Gasteiger charge is 2.36. The molecule has 1 fully saturated rings. The van der Waals surface area contributed by atoms with Gasteiger partial charge in [-0.3, -0.25) is 23.2 Å². The van der Waals surface area contributed by atoms with Crippen LogP contribution in [0.5, 0.6) is 0 Å². The second kappa shape index (κ2) is 36.3. The third kappa shape index (κ3) is 36.4. The predicted molar refractivity (Wildman–Crippen MR) is 234 cm³/mol. The van der Waals surface area contributed by atoms with E-state index in [0.717, 1.165) is 51.4 Å². The van der Waals surface area contributed by atoms with Crippen LogP contribution in [-0.2, 0) is 46.5 Å². The molecule has 0 spiro atoms. The molecule has 0 aliphatic carbocycles. The van der Waals surface area contributed by atoms with Crippen molar-refractivity contribution in [3.63, 3.8) is 0 Å². The lowest BCUT2D eigenvalue weighted by atomic mass is 10.0. The van der Waals surface area contributed by atoms with E-state index in [2.05, 4.69) is 65.4 Å². The maximum Gasteiger partial charge on any atom is 0.472 e. The molecule has 1 aliphatic heterocycles. The summed E-state index contributed by atoms with van der Waals surface area (Å²) >= 11 is 0. The van der Waals surface area contributed by atoms with Gasteiger partial charge in [-0.2, -0.15) is 0 Å². The molecule has 0 aromatic heterocycles. The first-order valence-corrected chi connectivity index (χ1v) is 25.1. The molecule has 0 aromatic rings. The van der Waals surface area contributed by atoms with Crippen LogP contribution < -0.4 is 0 Å². The normalized spacial score (nSPS) is 18.0. The summed E-state index contributed by atoms with van der Waals surface area (Å²) in [5, 5.41) is 9.74. The number of aliphatic hydroxyl groups excluding tert-OH is 1. The number of rotatable bonds is 40. The summed E-state index contributed by atoms with van der Waals surface area (Å²) < 4.78 is 53.4. The SMILES string of the molecule is CC/C=C\CC1OC1C/C=C\C/C=C\C/C=C\C/C=C\CCC(=O)OC[C@H](COP(=O)(O)OC[C@@H](O)COP(=O)(O)O)OC(=O)CCCCCCCCCCCCCCC. The van der Waals surface area contributed by atoms with Gasteiger partial charge in [0.1, 0.15) is 12.7 Å². The molecule has 0 bridgehead atoms. The lowest BCUT2D eigenvalue weighted by Gasteiger charge is -2.20. The van der Waals surface area contributed by atoms with Gasteiger partial charge in [0.15, 0.2) is 6.10 Å². The average molecular weight is 891 g/mol. The fourth-order valence-corrected chi connectivity index (χ4v) is 7.04. The molecule has 0 amide bonds. The van der Waals surface area contributed by atoms with Gasteiger partial charge in [0, 0.05) is 12.8 Å². The lowest BCUT2D eigenvalue weighted by Crippen LogP contribution is -2.29. The molecule has 0 radical (unpaired) electrons. The number of carbonyl (C=O) groups excluding carboxylic acids is 2. The average Bonchev–Trinajstić information content (AvgIpc) is 3.96. The van der Waals surface area contributed by atoms with Crippen molar-refractivity contribution in [1.82, 2.24) is 0 Å². The molecule has 3 unspecified atom stereocenters. The van der Waals surface area contributed by atoms with E-state index in [1.807, 2.05) is 18.2 Å². The number of unbranched alkanes of at least 4 members (excludes halogenated alkanes) is 12. The molecule has 1 rings (SSSR count). The number of carbonyl (C=O) groups is 2. The van der Waals surface area contributed by atoms with E-state index in [1.54, 1.807) is 0 Å². The van der Waals surface area contributed by atoms with Gasteiger partial charge in [-0.05, 0) is 51.4 Å². The lowest BCUT2D eigenvalue weighted by molar-refractivity contribution is -0.161. The largest absolute Gasteiger partial charge is 0.472 e. The summed E-state index contributed by atoms with van der Waals surface area (Å²) in [5.74, 6) is -1.13. The maximum absolute atomic E-state index is 12.6. The van der Waals surface area contributed by atoms with Crippen LogP contribution in [-0.4, -0.2) is 82.6 Å². The van der Waals surface area contributed by atoms with Crippen LogP contribution in [0.1, 0.15) is 155 Å². The van der Waals surface area contributed by atoms with Crippen molar-refractivity contribution in [3.05, 3.63) is 60.8 Å². The monoisotopic (exact) mass is 890 g/mol. The van der Waals surface area contributed by atoms with E-state index in [-0.39, 0.29) is 12.8 Å². The van der Waals surface area contributed by atoms with Crippen LogP contribution in [0.4, 0.5) is 0 Å². The van der Waals surface area contributed by atoms with Crippen LogP contribution in [0.25, 0.3) is 0 Å². The Bertz CT molecular complexity index is 1360. The predicted octanol–water partition coefficient (Wildman–Crippen LogP) is 10.2. The van der Waals surface area contributed by atoms with Crippen molar-refractivity contribution >= 4 is 27.6 Å². The van der Waals surface area contributed by atoms with Gasteiger partial charge in [-0.15, -0.1) is 0 Å². The summed E-state index contributed by atoms with van der Waals surface area (Å²) in [6.07, 6.45) is 39.8. The van der Waals surface area contributed by atoms with Crippen LogP contribution in [0.15, 0.2) is 60.8 Å². The van der Waals surface area contributed by atoms with Crippen LogP contribution in [0, 0.1) is 0 Å². The number of epoxide rings is 1. The molecule has 1 aliphatic rings. The highest BCUT2D eigenvalue weighted by Crippen LogP contribution is 2.44. The Hall–Kier alpha value is -2.22. The number of hydrogen-bond acceptors (Lipinski definition) is 11. The molecule has 346 valence electrons. The molecule has 16 heteroatoms.